The molecule has 11 N–H and O–H groups in total. The Labute approximate surface area is 471 Å². The Morgan fingerprint density at radius 1 is 0.704 bits per heavy atom. The van der Waals surface area contributed by atoms with Crippen LogP contribution in [0.3, 0.4) is 0 Å². The molecule has 4 aliphatic carbocycles. The number of allylic oxidation sites excluding steroid dienone is 1. The molecule has 5 aliphatic heterocycles. The third-order valence-corrected chi connectivity index (χ3v) is 21.0. The van der Waals surface area contributed by atoms with E-state index in [9.17, 15) is 73.6 Å². The molecular weight excluding hydrogens is 1100 g/mol. The SMILES string of the molecule is CO[C@@H]1[C@@H](O)[C@H](O[C@@H]2[C@@H](O)[C@H](O[C@H]3[C@H](O)[C@@H](O)[C@H](O[C@H]4[C@H](O[C@H]5CC[C@]6(C)C7=C[C@H](O)C89C(=O)O[C@@](C)(C(=O)CCC(C)C)[C@H]8CC[C@@]9(C)[C@@H]7CC[C@H]6C5(C)C)OC[C@@H](OS(=O)(=O)O)[C@@H]4O)O[C@@H]3C)O[C@H](CO)[C@H]2O)O[C@H](CO)[C@H]1O. The molecule has 81 heavy (non-hydrogen) atoms. The molecular formula is C54H86O26S. The second kappa shape index (κ2) is 23.3. The van der Waals surface area contributed by atoms with Gasteiger partial charge in [0.2, 0.25) is 0 Å². The zero-order valence-electron chi connectivity index (χ0n) is 47.2. The van der Waals surface area contributed by atoms with Gasteiger partial charge in [-0.1, -0.05) is 53.2 Å². The summed E-state index contributed by atoms with van der Waals surface area (Å²) in [7, 11) is -4.01. The number of aliphatic hydroxyl groups is 10. The lowest BCUT2D eigenvalue weighted by atomic mass is 9.40. The van der Waals surface area contributed by atoms with Crippen molar-refractivity contribution in [3.63, 3.8) is 0 Å². The summed E-state index contributed by atoms with van der Waals surface area (Å²) in [5.41, 5.74) is -3.55. The van der Waals surface area contributed by atoms with Gasteiger partial charge >= 0.3 is 16.4 Å². The number of hydrogen-bond donors (Lipinski definition) is 11. The molecule has 0 aromatic heterocycles. The molecule has 1 spiro atoms. The fourth-order valence-electron chi connectivity index (χ4n) is 16.2. The molecule has 0 aromatic rings. The van der Waals surface area contributed by atoms with E-state index in [-0.39, 0.29) is 30.0 Å². The minimum Gasteiger partial charge on any atom is -0.450 e. The highest BCUT2D eigenvalue weighted by Gasteiger charge is 2.80. The summed E-state index contributed by atoms with van der Waals surface area (Å²) in [6.07, 6.45) is -27.9. The summed E-state index contributed by atoms with van der Waals surface area (Å²) in [5.74, 6) is -1.10. The zero-order chi connectivity index (χ0) is 59.4. The number of ketones is 1. The Morgan fingerprint density at radius 3 is 1.90 bits per heavy atom. The van der Waals surface area contributed by atoms with Crippen LogP contribution < -0.4 is 0 Å². The van der Waals surface area contributed by atoms with E-state index in [0.717, 1.165) is 5.57 Å². The molecule has 0 bridgehead atoms. The maximum atomic E-state index is 14.4. The number of carbonyl (C=O) groups excluding carboxylic acids is 2. The van der Waals surface area contributed by atoms with Crippen LogP contribution in [0.1, 0.15) is 107 Å². The Bertz CT molecular complexity index is 2410. The van der Waals surface area contributed by atoms with Crippen LogP contribution in [0.2, 0.25) is 0 Å². The van der Waals surface area contributed by atoms with Crippen molar-refractivity contribution in [2.24, 2.45) is 45.3 Å². The molecule has 5 heterocycles. The standard InChI is InChI=1S/C54H86O26S/c1-22(2)10-13-31(57)53(8)30-14-17-52(7)24-11-12-29-50(4,5)33(15-16-51(29,6)25(24)18-32(58)54(30,52)49(66)79-53)75-48-44(36(61)28(21-71-48)80-81(67,68)69)78-45-38(63)37(62)41(23(3)72-45)76-47-40(65)43(35(60)27(20-56)74-47)77-46-39(64)42(70-9)34(59)26(19-55)73-46/h18,22-24,26-30,32-48,55-56,58-65H,10-17,19-21H2,1-9H3,(H,67,68,69)/t23-,24-,26-,27-,28-,29+,30-,32+,33+,34-,35-,36+,37-,38-,39-,40-,41-,42+,43+,44-,45+,46+,47+,48+,51-,52+,53-,54?/m1/s1. The third kappa shape index (κ3) is 10.6. The number of rotatable bonds is 17. The number of ether oxygens (including phenoxy) is 10. The lowest BCUT2D eigenvalue weighted by Crippen LogP contribution is -2.67. The summed E-state index contributed by atoms with van der Waals surface area (Å²) in [5, 5.41) is 112. The van der Waals surface area contributed by atoms with Crippen LogP contribution in [-0.2, 0) is 71.5 Å². The monoisotopic (exact) mass is 1180 g/mol. The van der Waals surface area contributed by atoms with Gasteiger partial charge in [-0.3, -0.25) is 14.1 Å². The maximum Gasteiger partial charge on any atom is 0.397 e. The quantitative estimate of drug-likeness (QED) is 0.0348. The summed E-state index contributed by atoms with van der Waals surface area (Å²) in [4.78, 5) is 28.4. The molecule has 1 unspecified atom stereocenters. The minimum atomic E-state index is -5.19. The lowest BCUT2D eigenvalue weighted by molar-refractivity contribution is -0.389. The van der Waals surface area contributed by atoms with Gasteiger partial charge in [-0.2, -0.15) is 8.42 Å². The lowest BCUT2D eigenvalue weighted by Gasteiger charge is -2.64. The van der Waals surface area contributed by atoms with E-state index in [2.05, 4.69) is 13.8 Å². The van der Waals surface area contributed by atoms with Gasteiger partial charge in [-0.15, -0.1) is 0 Å². The van der Waals surface area contributed by atoms with E-state index in [1.54, 1.807) is 6.92 Å². The normalized spacial score (nSPS) is 50.7. The topological polar surface area (TPSA) is 392 Å². The zero-order valence-corrected chi connectivity index (χ0v) is 48.1. The maximum absolute atomic E-state index is 14.4. The van der Waals surface area contributed by atoms with Crippen molar-refractivity contribution in [3.05, 3.63) is 11.6 Å². The predicted molar refractivity (Wildman–Crippen MR) is 273 cm³/mol. The number of fused-ring (bicyclic) bond motifs is 4. The molecule has 3 saturated carbocycles. The van der Waals surface area contributed by atoms with Crippen LogP contribution >= 0.6 is 0 Å². The molecule has 9 rings (SSSR count). The van der Waals surface area contributed by atoms with Crippen molar-refractivity contribution in [2.45, 2.75) is 241 Å². The van der Waals surface area contributed by atoms with E-state index >= 15 is 0 Å². The minimum absolute atomic E-state index is 0.0982. The van der Waals surface area contributed by atoms with Gasteiger partial charge in [0.15, 0.2) is 36.5 Å². The molecule has 27 heteroatoms. The molecule has 5 saturated heterocycles. The van der Waals surface area contributed by atoms with Crippen molar-refractivity contribution in [1.82, 2.24) is 0 Å². The first-order valence-electron chi connectivity index (χ1n) is 28.4. The van der Waals surface area contributed by atoms with E-state index < -0.39 is 198 Å². The average Bonchev–Trinajstić information content (AvgIpc) is 1.62. The van der Waals surface area contributed by atoms with Crippen LogP contribution in [0, 0.1) is 45.3 Å². The number of hydrogen-bond acceptors (Lipinski definition) is 25. The van der Waals surface area contributed by atoms with Gasteiger partial charge in [0.1, 0.15) is 90.9 Å². The van der Waals surface area contributed by atoms with Crippen LogP contribution in [0.4, 0.5) is 0 Å². The van der Waals surface area contributed by atoms with Gasteiger partial charge in [0, 0.05) is 19.4 Å². The van der Waals surface area contributed by atoms with Crippen LogP contribution in [0.15, 0.2) is 11.6 Å². The second-order valence-corrected chi connectivity index (χ2v) is 26.8. The van der Waals surface area contributed by atoms with Crippen molar-refractivity contribution >= 4 is 22.2 Å². The Kier molecular flexibility index (Phi) is 18.2. The Morgan fingerprint density at radius 2 is 1.30 bits per heavy atom. The number of cyclic esters (lactones) is 1. The molecule has 464 valence electrons. The smallest absolute Gasteiger partial charge is 0.397 e. The Balaban J connectivity index is 0.909. The fraction of sp³-hybridized carbons (Fsp3) is 0.926. The number of esters is 1. The average molecular weight is 1180 g/mol. The molecule has 0 amide bonds. The largest absolute Gasteiger partial charge is 0.450 e. The first kappa shape index (κ1) is 63.5. The fourth-order valence-corrected chi connectivity index (χ4v) is 16.7. The number of Topliss-reactive ketones (excluding diaryl/α,β-unsaturated/α-hetero) is 1. The van der Waals surface area contributed by atoms with Gasteiger partial charge in [0.25, 0.3) is 0 Å². The van der Waals surface area contributed by atoms with Crippen molar-refractivity contribution in [3.8, 4) is 0 Å². The first-order chi connectivity index (χ1) is 37.9. The first-order valence-corrected chi connectivity index (χ1v) is 29.8. The van der Waals surface area contributed by atoms with Gasteiger partial charge in [-0.25, -0.2) is 4.18 Å². The number of aliphatic hydroxyl groups excluding tert-OH is 10. The summed E-state index contributed by atoms with van der Waals surface area (Å²) < 4.78 is 97.8. The van der Waals surface area contributed by atoms with Crippen LogP contribution in [0.25, 0.3) is 0 Å². The van der Waals surface area contributed by atoms with Crippen molar-refractivity contribution in [1.29, 1.82) is 0 Å². The second-order valence-electron chi connectivity index (χ2n) is 25.7. The van der Waals surface area contributed by atoms with E-state index in [4.69, 9.17) is 51.6 Å². The summed E-state index contributed by atoms with van der Waals surface area (Å²) in [6.45, 7) is 13.3. The van der Waals surface area contributed by atoms with Crippen molar-refractivity contribution in [2.75, 3.05) is 26.9 Å². The highest BCUT2D eigenvalue weighted by Crippen LogP contribution is 2.76. The molecule has 8 fully saturated rings. The highest BCUT2D eigenvalue weighted by atomic mass is 32.3. The summed E-state index contributed by atoms with van der Waals surface area (Å²) in [6, 6.07) is 0. The van der Waals surface area contributed by atoms with E-state index in [1.807, 2.05) is 33.8 Å². The van der Waals surface area contributed by atoms with Gasteiger partial charge < -0.3 is 98.4 Å². The van der Waals surface area contributed by atoms with Crippen molar-refractivity contribution < 1.29 is 125 Å². The molecule has 26 nitrogen and oxygen atoms in total. The number of methoxy groups -OCH3 is 1. The molecule has 28 atom stereocenters. The van der Waals surface area contributed by atoms with Gasteiger partial charge in [0.05, 0.1) is 38.1 Å². The predicted octanol–water partition coefficient (Wildman–Crippen LogP) is -1.33. The third-order valence-electron chi connectivity index (χ3n) is 20.6. The van der Waals surface area contributed by atoms with Crippen LogP contribution in [-0.4, -0.2) is 237 Å². The van der Waals surface area contributed by atoms with Gasteiger partial charge in [-0.05, 0) is 92.8 Å². The van der Waals surface area contributed by atoms with E-state index in [1.165, 1.54) is 14.0 Å². The van der Waals surface area contributed by atoms with E-state index in [0.29, 0.717) is 44.9 Å². The molecule has 0 aromatic carbocycles. The highest BCUT2D eigenvalue weighted by molar-refractivity contribution is 7.80. The summed E-state index contributed by atoms with van der Waals surface area (Å²) >= 11 is 0. The Hall–Kier alpha value is -2.01. The number of carbonyl (C=O) groups is 2. The molecule has 9 aliphatic rings. The van der Waals surface area contributed by atoms with Crippen LogP contribution in [0.5, 0.6) is 0 Å². The molecule has 0 radical (unpaired) electrons.